The number of hydrogen-bond donors (Lipinski definition) is 9. The Morgan fingerprint density at radius 3 is 1.01 bits per heavy atom. The average Bonchev–Trinajstić information content (AvgIpc) is 1.45. The molecule has 59 heteroatoms. The molecule has 0 radical (unpaired) electrons. The normalized spacial score (nSPS) is 14.0. The van der Waals surface area contributed by atoms with Crippen LogP contribution in [-0.2, 0) is 225 Å². The van der Waals surface area contributed by atoms with Crippen molar-refractivity contribution in [3.63, 3.8) is 0 Å². The zero-order valence-corrected chi connectivity index (χ0v) is 106. The summed E-state index contributed by atoms with van der Waals surface area (Å²) in [4.78, 5) is 63.5. The van der Waals surface area contributed by atoms with E-state index in [9.17, 15) is 54.7 Å². The van der Waals surface area contributed by atoms with Crippen LogP contribution in [0, 0.1) is 29.1 Å². The third-order valence-electron chi connectivity index (χ3n) is 18.1. The number of carbonyl (C=O) groups is 5. The molecular weight excluding hydrogens is 2610 g/mol. The van der Waals surface area contributed by atoms with Gasteiger partial charge in [0, 0.05) is 316 Å². The van der Waals surface area contributed by atoms with Crippen molar-refractivity contribution in [1.29, 1.82) is 0 Å². The van der Waals surface area contributed by atoms with Gasteiger partial charge in [-0.05, 0) is 144 Å². The molecule has 0 unspecified atom stereocenters. The Morgan fingerprint density at radius 2 is 0.747 bits per heavy atom. The van der Waals surface area contributed by atoms with Crippen LogP contribution in [0.2, 0.25) is 25.1 Å². The highest BCUT2D eigenvalue weighted by Gasteiger charge is 2.44. The zero-order valence-electron chi connectivity index (χ0n) is 79.8. The van der Waals surface area contributed by atoms with Crippen LogP contribution in [0.1, 0.15) is 74.7 Å². The molecule has 0 spiro atoms. The van der Waals surface area contributed by atoms with Crippen molar-refractivity contribution in [2.24, 2.45) is 0 Å². The van der Waals surface area contributed by atoms with Crippen molar-refractivity contribution in [2.75, 3.05) is 61.6 Å². The Bertz CT molecular complexity index is 6370. The molecule has 3 fully saturated rings. The highest BCUT2D eigenvalue weighted by atomic mass is 79.9. The van der Waals surface area contributed by atoms with Crippen molar-refractivity contribution in [1.82, 2.24) is 20.0 Å². The van der Waals surface area contributed by atoms with Gasteiger partial charge in [0.1, 0.15) is 47.0 Å². The second kappa shape index (κ2) is 82.7. The van der Waals surface area contributed by atoms with Crippen molar-refractivity contribution in [3.05, 3.63) is 282 Å². The van der Waals surface area contributed by atoms with Crippen LogP contribution in [-0.4, -0.2) is 149 Å². The van der Waals surface area contributed by atoms with E-state index in [1.165, 1.54) is 110 Å². The van der Waals surface area contributed by atoms with Crippen molar-refractivity contribution >= 4 is 408 Å². The summed E-state index contributed by atoms with van der Waals surface area (Å²) in [6.45, 7) is 13.7. The first-order valence-electron chi connectivity index (χ1n) is 41.2. The molecule has 824 valence electrons. The Labute approximate surface area is 1010 Å². The summed E-state index contributed by atoms with van der Waals surface area (Å²) in [5.41, 5.74) is 20.3. The summed E-state index contributed by atoms with van der Waals surface area (Å²) in [6, 6.07) is 55.4. The van der Waals surface area contributed by atoms with E-state index >= 15 is 4.39 Å². The van der Waals surface area contributed by atoms with Crippen molar-refractivity contribution < 1.29 is 83.7 Å². The molecule has 13 rings (SSSR count). The highest BCUT2D eigenvalue weighted by Crippen LogP contribution is 2.38. The summed E-state index contributed by atoms with van der Waals surface area (Å²) in [5, 5.41) is 37.0. The maximum atomic E-state index is 15.1. The lowest BCUT2D eigenvalue weighted by atomic mass is 9.80. The van der Waals surface area contributed by atoms with Gasteiger partial charge in [-0.15, -0.1) is 37.2 Å². The molecule has 0 aromatic heterocycles. The number of nitrogens with zero attached hydrogens (tertiary/aromatic N) is 3. The fraction of sp³-hybridized carbons (Fsp3) is 0.264. The standard InChI is InChI=1S/C22H23ClF2N2O3.C17H15ClF2N2O.2C12H9ClFN.C10H16FNO4.C6H6BClO2.C6H5BrFN.C6H12ClN.3ClH.S6.S5.S4.S3.S2.H2S/c1-22(2,3)30-21(29)27-12-13(24)11-18(27)20(28)26-17-10-6-8-15(19(17)25)14-7-4-5-9-16(14)23;18-13-6-2-1-4-11(13)12-5-3-7-14(16(12)20)22-17(23)15-8-10(19)9-21-15;2*13-10-6-2-1-4-8(10)9-5-3-7-11(15)12(9)14;1-10(2,3)16-9(15)12-5-6(11)4-7(12)8(13)14;8-6-4-2-1-3-5(6)7(9)10;7-4-2-1-3-5(9)6(4)8;1-5(2)6(7)8(3)4;;;;1-3-5-6-4-2;1-3-5-4-2;1-3-4-2;1-3-2;1-2;/h4-10,13,18H,11-12H2,1-3H3,(H,26,28);1-7,10,15,21H,8-9H2,(H,22,23);2*1-7H,15H2;6-7H,4-5H2,1-3H3,(H,13,14);1-4,9-10H;1-3H,9H2;1-4H3;3*1H;;;;;;1H2/t13-,18+;10-,15+;;;6-,7+;;;;;;;;;;;;/m11..1............/s1. The Morgan fingerprint density at radius 1 is 0.447 bits per heavy atom. The Hall–Kier alpha value is -4.69. The minimum Gasteiger partial charge on any atom is -0.480 e. The number of rotatable bonds is 11. The summed E-state index contributed by atoms with van der Waals surface area (Å²) in [7, 11) is 15.2. The van der Waals surface area contributed by atoms with E-state index in [1.807, 2.05) is 45.0 Å². The Balaban J connectivity index is -0.000000809. The number of benzene rings is 10. The monoisotopic (exact) mass is 2710 g/mol. The maximum absolute atomic E-state index is 15.1. The van der Waals surface area contributed by atoms with Gasteiger partial charge in [-0.1, -0.05) is 215 Å². The predicted octanol–water partition coefficient (Wildman–Crippen LogP) is 23.7. The first kappa shape index (κ1) is 152. The molecular formula is C91H100BBrCl9F8N9O10S21. The summed E-state index contributed by atoms with van der Waals surface area (Å²) >= 11 is 80.7. The second-order valence-electron chi connectivity index (χ2n) is 31.1. The first-order valence-corrected chi connectivity index (χ1v) is 64.2. The number of carboxylic acids is 1. The van der Waals surface area contributed by atoms with Gasteiger partial charge in [0.15, 0.2) is 29.1 Å². The molecule has 3 aliphatic rings. The number of carboxylic acid groups (broad SMARTS) is 1. The number of anilines is 5. The molecule has 6 atom stereocenters. The number of allylic oxidation sites excluding steroid dienone is 1. The third kappa shape index (κ3) is 57.2. The summed E-state index contributed by atoms with van der Waals surface area (Å²) in [6.07, 6.45) is -5.54. The minimum atomic E-state index is -1.48. The lowest BCUT2D eigenvalue weighted by molar-refractivity contribution is -0.142. The Kier molecular flexibility index (Phi) is 83.6. The molecule has 0 bridgehead atoms. The fourth-order valence-corrected chi connectivity index (χ4v) is 21.8. The van der Waals surface area contributed by atoms with E-state index in [4.69, 9.17) is 111 Å². The summed E-state index contributed by atoms with van der Waals surface area (Å²) < 4.78 is 121. The van der Waals surface area contributed by atoms with Crippen molar-refractivity contribution in [3.8, 4) is 44.5 Å². The number of nitrogens with one attached hydrogen (secondary N) is 3. The molecule has 12 N–H and O–H groups in total. The molecule has 3 aliphatic heterocycles. The van der Waals surface area contributed by atoms with Crippen LogP contribution in [0.3, 0.4) is 0 Å². The number of nitrogens with two attached hydrogens (primary N) is 3. The SMILES string of the molecule is CC(C)(C)OC(=O)N1C[C@H](F)C[C@H]1C(=O)Nc1cccc(-c2ccccc2Cl)c1F.CC(C)(C)OC(=O)N1C[C@H](F)C[C@H]1C(=O)O.CC(C)=C(Cl)N(C)C.Cl.Cl.Cl.Nc1cccc(-c2ccccc2Cl)c1F.Nc1cccc(-c2ccccc2Cl)c1F.Nc1cccc(Br)c1F.O=C(Nc1cccc(-c2ccccc2Cl)c1F)[C@@H]1C[C@@H](F)CN1.OB(O)c1ccccc1Cl.S.S=S.S=S=S.S=S=S=S.S=S=S=S=S.S=S=S=S=S=S. The van der Waals surface area contributed by atoms with E-state index in [0.717, 1.165) is 29.4 Å². The molecule has 3 heterocycles. The van der Waals surface area contributed by atoms with E-state index in [1.54, 1.807) is 211 Å². The topological polar surface area (TPSA) is 288 Å². The highest BCUT2D eigenvalue weighted by molar-refractivity contribution is 9.10. The number of nitrogen functional groups attached to an aromatic ring is 3. The first-order chi connectivity index (χ1) is 68.9. The summed E-state index contributed by atoms with van der Waals surface area (Å²) in [5.74, 6) is -4.81. The predicted molar refractivity (Wildman–Crippen MR) is 672 cm³/mol. The molecule has 4 amide bonds. The van der Waals surface area contributed by atoms with Crippen molar-refractivity contribution in [2.45, 2.75) is 122 Å². The van der Waals surface area contributed by atoms with Crippen LogP contribution in [0.5, 0.6) is 0 Å². The fourth-order valence-electron chi connectivity index (χ4n) is 12.0. The number of carbonyl (C=O) groups excluding carboxylic acids is 4. The van der Waals surface area contributed by atoms with Crippen LogP contribution in [0.4, 0.5) is 73.1 Å². The van der Waals surface area contributed by atoms with Gasteiger partial charge in [0.2, 0.25) is 11.8 Å². The maximum Gasteiger partial charge on any atom is 0.489 e. The van der Waals surface area contributed by atoms with E-state index < -0.39 is 114 Å². The smallest absolute Gasteiger partial charge is 0.480 e. The quantitative estimate of drug-likeness (QED) is 0.0252. The van der Waals surface area contributed by atoms with Crippen LogP contribution in [0.25, 0.3) is 44.5 Å². The molecule has 0 aliphatic carbocycles. The van der Waals surface area contributed by atoms with Gasteiger partial charge >= 0.3 is 25.3 Å². The lowest BCUT2D eigenvalue weighted by Gasteiger charge is -2.27. The second-order valence-corrected chi connectivity index (χ2v) is 52.1. The van der Waals surface area contributed by atoms with E-state index in [0.29, 0.717) is 74.0 Å². The molecule has 10 aromatic carbocycles. The molecule has 19 nitrogen and oxygen atoms in total. The molecule has 3 saturated heterocycles. The van der Waals surface area contributed by atoms with E-state index in [2.05, 4.69) is 144 Å². The number of alkyl halides is 3. The number of amides is 4. The third-order valence-corrected chi connectivity index (χ3v) is 34.4. The molecule has 10 aromatic rings. The number of hydrogen-bond acceptors (Lipinski definition) is 24. The lowest BCUT2D eigenvalue weighted by Crippen LogP contribution is -2.45. The number of halogens is 18. The van der Waals surface area contributed by atoms with Crippen LogP contribution >= 0.6 is 136 Å². The van der Waals surface area contributed by atoms with Gasteiger partial charge in [-0.3, -0.25) is 19.4 Å². The van der Waals surface area contributed by atoms with E-state index in [-0.39, 0.29) is 124 Å². The number of aliphatic carboxylic acids is 1. The minimum absolute atomic E-state index is 0. The van der Waals surface area contributed by atoms with Gasteiger partial charge in [0.05, 0.1) is 52.0 Å². The van der Waals surface area contributed by atoms with Gasteiger partial charge in [-0.25, -0.2) is 49.5 Å². The molecule has 0 saturated carbocycles. The average molecular weight is 2720 g/mol. The largest absolute Gasteiger partial charge is 0.489 e. The van der Waals surface area contributed by atoms with Crippen LogP contribution in [0.15, 0.2) is 228 Å². The molecule has 150 heavy (non-hydrogen) atoms. The van der Waals surface area contributed by atoms with Gasteiger partial charge in [-0.2, -0.15) is 13.5 Å². The number of ether oxygens (including phenoxy) is 2. The van der Waals surface area contributed by atoms with Crippen LogP contribution < -0.4 is 38.6 Å². The van der Waals surface area contributed by atoms with Gasteiger partial charge < -0.3 is 62.7 Å². The zero-order chi connectivity index (χ0) is 111. The number of likely N-dealkylation sites (tertiary alicyclic amines) is 2. The van der Waals surface area contributed by atoms with Gasteiger partial charge in [0.25, 0.3) is 0 Å².